The minimum Gasteiger partial charge on any atom is -0.308 e. The smallest absolute Gasteiger partial charge is 0.0620 e. The predicted octanol–water partition coefficient (Wildman–Crippen LogP) is 9.07. The lowest BCUT2D eigenvalue weighted by molar-refractivity contribution is 0.633. The van der Waals surface area contributed by atoms with Gasteiger partial charge in [-0.2, -0.15) is 0 Å². The first-order chi connectivity index (χ1) is 18.6. The molecule has 0 N–H and O–H groups in total. The fraction of sp³-hybridized carbons (Fsp3) is 0.0857. The number of pyridine rings is 2. The highest BCUT2D eigenvalue weighted by molar-refractivity contribution is 6.07. The Balaban J connectivity index is 1.66. The van der Waals surface area contributed by atoms with Gasteiger partial charge >= 0.3 is 0 Å². The second-order valence-corrected chi connectivity index (χ2v) is 10.3. The summed E-state index contributed by atoms with van der Waals surface area (Å²) < 4.78 is 0. The molecule has 0 spiro atoms. The van der Waals surface area contributed by atoms with Crippen LogP contribution in [0.2, 0.25) is 0 Å². The van der Waals surface area contributed by atoms with Crippen molar-refractivity contribution in [3.8, 4) is 22.3 Å². The molecule has 0 saturated carbocycles. The van der Waals surface area contributed by atoms with Crippen molar-refractivity contribution in [1.82, 2.24) is 9.97 Å². The summed E-state index contributed by atoms with van der Waals surface area (Å²) in [7, 11) is 0. The lowest BCUT2D eigenvalue weighted by Gasteiger charge is -2.43. The second-order valence-electron chi connectivity index (χ2n) is 10.3. The summed E-state index contributed by atoms with van der Waals surface area (Å²) >= 11 is 0. The van der Waals surface area contributed by atoms with E-state index in [4.69, 9.17) is 0 Å². The summed E-state index contributed by atoms with van der Waals surface area (Å²) in [5, 5.41) is 2.47. The van der Waals surface area contributed by atoms with Crippen molar-refractivity contribution in [3.05, 3.63) is 139 Å². The Morgan fingerprint density at radius 3 is 1.89 bits per heavy atom. The minimum absolute atomic E-state index is 0.163. The molecule has 0 radical (unpaired) electrons. The van der Waals surface area contributed by atoms with Gasteiger partial charge < -0.3 is 4.90 Å². The van der Waals surface area contributed by atoms with Crippen LogP contribution in [0, 0.1) is 0 Å². The molecular formula is C35H27N3. The van der Waals surface area contributed by atoms with E-state index in [1.54, 1.807) is 0 Å². The van der Waals surface area contributed by atoms with Crippen molar-refractivity contribution in [2.75, 3.05) is 4.90 Å². The zero-order valence-corrected chi connectivity index (χ0v) is 21.5. The molecule has 0 aliphatic carbocycles. The van der Waals surface area contributed by atoms with Gasteiger partial charge in [0.15, 0.2) is 0 Å². The molecule has 38 heavy (non-hydrogen) atoms. The predicted molar refractivity (Wildman–Crippen MR) is 157 cm³/mol. The van der Waals surface area contributed by atoms with Crippen molar-refractivity contribution in [2.24, 2.45) is 0 Å². The number of aromatic nitrogens is 2. The van der Waals surface area contributed by atoms with Crippen LogP contribution < -0.4 is 4.90 Å². The number of anilines is 3. The van der Waals surface area contributed by atoms with Crippen molar-refractivity contribution in [3.63, 3.8) is 0 Å². The number of benzene rings is 4. The van der Waals surface area contributed by atoms with Crippen LogP contribution in [0.1, 0.15) is 25.0 Å². The van der Waals surface area contributed by atoms with E-state index in [0.717, 1.165) is 27.9 Å². The highest BCUT2D eigenvalue weighted by Crippen LogP contribution is 2.57. The molecule has 1 aliphatic heterocycles. The average molecular weight is 490 g/mol. The van der Waals surface area contributed by atoms with Gasteiger partial charge in [0, 0.05) is 57.8 Å². The molecule has 0 amide bonds. The van der Waals surface area contributed by atoms with E-state index in [1.807, 2.05) is 36.9 Å². The number of nitrogens with zero attached hydrogens (tertiary/aromatic N) is 3. The van der Waals surface area contributed by atoms with E-state index < -0.39 is 0 Å². The Labute approximate surface area is 223 Å². The normalized spacial score (nSPS) is 13.7. The van der Waals surface area contributed by atoms with Crippen LogP contribution in [-0.4, -0.2) is 9.97 Å². The zero-order chi connectivity index (χ0) is 25.7. The molecule has 0 saturated heterocycles. The number of hydrogen-bond donors (Lipinski definition) is 0. The van der Waals surface area contributed by atoms with Crippen LogP contribution in [0.15, 0.2) is 128 Å². The largest absolute Gasteiger partial charge is 0.308 e. The van der Waals surface area contributed by atoms with Gasteiger partial charge in [-0.15, -0.1) is 0 Å². The van der Waals surface area contributed by atoms with Gasteiger partial charge in [0.2, 0.25) is 0 Å². The van der Waals surface area contributed by atoms with Gasteiger partial charge in [-0.05, 0) is 34.7 Å². The maximum Gasteiger partial charge on any atom is 0.0620 e. The van der Waals surface area contributed by atoms with E-state index in [9.17, 15) is 0 Å². The van der Waals surface area contributed by atoms with Gasteiger partial charge in [0.1, 0.15) is 0 Å². The SMILES string of the molecule is CC1(C)c2ccccc2N(c2c(-c3cccnc3)cccc2-c2cccnc2)c2c1ccc1ccccc21. The van der Waals surface area contributed by atoms with Gasteiger partial charge in [-0.1, -0.05) is 98.8 Å². The van der Waals surface area contributed by atoms with Crippen LogP contribution in [0.25, 0.3) is 33.0 Å². The van der Waals surface area contributed by atoms with Crippen LogP contribution in [0.3, 0.4) is 0 Å². The molecule has 0 bridgehead atoms. The molecule has 4 aromatic carbocycles. The van der Waals surface area contributed by atoms with E-state index in [1.165, 1.54) is 33.3 Å². The second kappa shape index (κ2) is 8.67. The van der Waals surface area contributed by atoms with Crippen LogP contribution in [0.5, 0.6) is 0 Å². The number of para-hydroxylation sites is 2. The van der Waals surface area contributed by atoms with Crippen molar-refractivity contribution >= 4 is 27.8 Å². The van der Waals surface area contributed by atoms with E-state index in [2.05, 4.69) is 120 Å². The van der Waals surface area contributed by atoms with Crippen LogP contribution in [0.4, 0.5) is 17.1 Å². The van der Waals surface area contributed by atoms with Gasteiger partial charge in [-0.25, -0.2) is 0 Å². The van der Waals surface area contributed by atoms with Gasteiger partial charge in [-0.3, -0.25) is 9.97 Å². The molecule has 0 atom stereocenters. The molecule has 1 aliphatic rings. The maximum atomic E-state index is 4.48. The lowest BCUT2D eigenvalue weighted by atomic mass is 9.72. The summed E-state index contributed by atoms with van der Waals surface area (Å²) in [6.07, 6.45) is 7.57. The standard InChI is InChI=1S/C35H27N3/c1-35(2)30-16-5-6-17-32(30)38(34-27-13-4-3-10-24(27)18-19-31(34)35)33-28(25-11-8-20-36-22-25)14-7-15-29(33)26-12-9-21-37-23-26/h3-23H,1-2H3. The summed E-state index contributed by atoms with van der Waals surface area (Å²) in [4.78, 5) is 11.4. The fourth-order valence-corrected chi connectivity index (χ4v) is 5.99. The first-order valence-corrected chi connectivity index (χ1v) is 13.0. The summed E-state index contributed by atoms with van der Waals surface area (Å²) in [6, 6.07) is 37.0. The first-order valence-electron chi connectivity index (χ1n) is 13.0. The van der Waals surface area contributed by atoms with Gasteiger partial charge in [0.05, 0.1) is 17.1 Å². The average Bonchev–Trinajstić information content (AvgIpc) is 2.98. The molecule has 7 rings (SSSR count). The quantitative estimate of drug-likeness (QED) is 0.248. The molecule has 0 unspecified atom stereocenters. The Morgan fingerprint density at radius 2 is 1.21 bits per heavy atom. The highest BCUT2D eigenvalue weighted by Gasteiger charge is 2.39. The third-order valence-electron chi connectivity index (χ3n) is 7.82. The van der Waals surface area contributed by atoms with Crippen molar-refractivity contribution in [2.45, 2.75) is 19.3 Å². The third-order valence-corrected chi connectivity index (χ3v) is 7.82. The number of rotatable bonds is 3. The minimum atomic E-state index is -0.163. The van der Waals surface area contributed by atoms with E-state index in [0.29, 0.717) is 0 Å². The van der Waals surface area contributed by atoms with Crippen LogP contribution in [-0.2, 0) is 5.41 Å². The topological polar surface area (TPSA) is 29.0 Å². The molecule has 3 nitrogen and oxygen atoms in total. The Hall–Kier alpha value is -4.76. The lowest BCUT2D eigenvalue weighted by Crippen LogP contribution is -2.31. The number of fused-ring (bicyclic) bond motifs is 4. The monoisotopic (exact) mass is 489 g/mol. The molecule has 2 aromatic heterocycles. The van der Waals surface area contributed by atoms with E-state index >= 15 is 0 Å². The fourth-order valence-electron chi connectivity index (χ4n) is 5.99. The molecule has 182 valence electrons. The zero-order valence-electron chi connectivity index (χ0n) is 21.5. The van der Waals surface area contributed by atoms with Crippen LogP contribution >= 0.6 is 0 Å². The Kier molecular flexibility index (Phi) is 5.12. The molecule has 3 heterocycles. The maximum absolute atomic E-state index is 4.48. The van der Waals surface area contributed by atoms with E-state index in [-0.39, 0.29) is 5.41 Å². The molecule has 0 fully saturated rings. The van der Waals surface area contributed by atoms with Crippen molar-refractivity contribution in [1.29, 1.82) is 0 Å². The Bertz CT molecular complexity index is 1730. The third kappa shape index (κ3) is 3.36. The molecular weight excluding hydrogens is 462 g/mol. The highest BCUT2D eigenvalue weighted by atomic mass is 15.2. The molecule has 3 heteroatoms. The van der Waals surface area contributed by atoms with Crippen molar-refractivity contribution < 1.29 is 0 Å². The summed E-state index contributed by atoms with van der Waals surface area (Å²) in [6.45, 7) is 4.68. The Morgan fingerprint density at radius 1 is 0.553 bits per heavy atom. The number of hydrogen-bond acceptors (Lipinski definition) is 3. The molecule has 6 aromatic rings. The first kappa shape index (κ1) is 22.4. The summed E-state index contributed by atoms with van der Waals surface area (Å²) in [5.41, 5.74) is 10.4. The van der Waals surface area contributed by atoms with Gasteiger partial charge in [0.25, 0.3) is 0 Å². The summed E-state index contributed by atoms with van der Waals surface area (Å²) in [5.74, 6) is 0.